The van der Waals surface area contributed by atoms with Crippen LogP contribution in [0.3, 0.4) is 0 Å². The minimum absolute atomic E-state index is 0.258. The molecule has 3 nitrogen and oxygen atoms in total. The molecule has 80 valence electrons. The van der Waals surface area contributed by atoms with Crippen molar-refractivity contribution >= 4 is 12.2 Å². The van der Waals surface area contributed by atoms with Gasteiger partial charge in [-0.3, -0.25) is 9.67 Å². The van der Waals surface area contributed by atoms with E-state index < -0.39 is 5.92 Å². The molecule has 0 aliphatic carbocycles. The van der Waals surface area contributed by atoms with Crippen LogP contribution in [-0.2, 0) is 12.5 Å². The molecule has 0 unspecified atom stereocenters. The Balaban J connectivity index is 3.15. The third-order valence-corrected chi connectivity index (χ3v) is 2.29. The summed E-state index contributed by atoms with van der Waals surface area (Å²) in [6, 6.07) is 0. The number of halogens is 2. The Kier molecular flexibility index (Phi) is 3.36. The van der Waals surface area contributed by atoms with Gasteiger partial charge in [-0.2, -0.15) is 13.9 Å². The highest BCUT2D eigenvalue weighted by molar-refractivity contribution is 7.71. The first-order valence-corrected chi connectivity index (χ1v) is 4.97. The quantitative estimate of drug-likeness (QED) is 0.793. The van der Waals surface area contributed by atoms with E-state index in [0.717, 1.165) is 6.42 Å². The van der Waals surface area contributed by atoms with Crippen molar-refractivity contribution in [3.63, 3.8) is 0 Å². The van der Waals surface area contributed by atoms with E-state index in [4.69, 9.17) is 12.2 Å². The van der Waals surface area contributed by atoms with Gasteiger partial charge in [0.1, 0.15) is 0 Å². The van der Waals surface area contributed by atoms with Gasteiger partial charge in [0, 0.05) is 13.0 Å². The summed E-state index contributed by atoms with van der Waals surface area (Å²) in [6.45, 7) is 3.80. The molecule has 0 amide bonds. The fraction of sp³-hybridized carbons (Fsp3) is 0.750. The molecule has 0 spiro atoms. The lowest BCUT2D eigenvalue weighted by atomic mass is 10.2. The largest absolute Gasteiger partial charge is 0.306 e. The molecule has 0 fully saturated rings. The molecule has 0 atom stereocenters. The average molecular weight is 221 g/mol. The van der Waals surface area contributed by atoms with E-state index >= 15 is 0 Å². The van der Waals surface area contributed by atoms with E-state index in [1.165, 1.54) is 11.5 Å². The fourth-order valence-corrected chi connectivity index (χ4v) is 1.41. The Labute approximate surface area is 86.1 Å². The zero-order valence-electron chi connectivity index (χ0n) is 8.18. The molecule has 0 aromatic carbocycles. The third kappa shape index (κ3) is 2.00. The molecule has 0 aliphatic rings. The molecule has 1 aromatic rings. The molecule has 14 heavy (non-hydrogen) atoms. The molecule has 1 rings (SSSR count). The number of rotatable bonds is 4. The van der Waals surface area contributed by atoms with Gasteiger partial charge in [-0.05, 0) is 18.6 Å². The SMILES string of the molecule is CCCn1c(C(F)(F)CC)n[nH]c1=S. The van der Waals surface area contributed by atoms with Crippen molar-refractivity contribution in [2.75, 3.05) is 0 Å². The van der Waals surface area contributed by atoms with Crippen molar-refractivity contribution in [2.45, 2.75) is 39.2 Å². The van der Waals surface area contributed by atoms with E-state index in [0.29, 0.717) is 6.54 Å². The summed E-state index contributed by atoms with van der Waals surface area (Å²) in [5.74, 6) is -3.16. The van der Waals surface area contributed by atoms with E-state index in [-0.39, 0.29) is 17.0 Å². The van der Waals surface area contributed by atoms with Crippen molar-refractivity contribution in [3.8, 4) is 0 Å². The number of H-pyrrole nitrogens is 1. The molecule has 1 N–H and O–H groups in total. The molecule has 0 saturated heterocycles. The van der Waals surface area contributed by atoms with Crippen LogP contribution in [-0.4, -0.2) is 14.8 Å². The highest BCUT2D eigenvalue weighted by atomic mass is 32.1. The Bertz CT molecular complexity index is 356. The lowest BCUT2D eigenvalue weighted by molar-refractivity contribution is -0.0214. The minimum Gasteiger partial charge on any atom is -0.299 e. The van der Waals surface area contributed by atoms with Crippen molar-refractivity contribution < 1.29 is 8.78 Å². The number of hydrogen-bond donors (Lipinski definition) is 1. The summed E-state index contributed by atoms with van der Waals surface area (Å²) in [4.78, 5) is 0. The molecule has 0 radical (unpaired) electrons. The van der Waals surface area contributed by atoms with Gasteiger partial charge in [0.25, 0.3) is 0 Å². The van der Waals surface area contributed by atoms with Crippen molar-refractivity contribution in [1.29, 1.82) is 0 Å². The van der Waals surface area contributed by atoms with Crippen molar-refractivity contribution in [3.05, 3.63) is 10.6 Å². The summed E-state index contributed by atoms with van der Waals surface area (Å²) in [5, 5.41) is 5.97. The number of hydrogen-bond acceptors (Lipinski definition) is 2. The first kappa shape index (κ1) is 11.3. The monoisotopic (exact) mass is 221 g/mol. The van der Waals surface area contributed by atoms with Crippen molar-refractivity contribution in [2.24, 2.45) is 0 Å². The topological polar surface area (TPSA) is 33.6 Å². The second kappa shape index (κ2) is 4.16. The highest BCUT2D eigenvalue weighted by Gasteiger charge is 2.34. The first-order chi connectivity index (χ1) is 6.53. The van der Waals surface area contributed by atoms with E-state index in [1.807, 2.05) is 6.92 Å². The second-order valence-electron chi connectivity index (χ2n) is 3.06. The van der Waals surface area contributed by atoms with Gasteiger partial charge >= 0.3 is 5.92 Å². The van der Waals surface area contributed by atoms with Crippen LogP contribution in [0.2, 0.25) is 0 Å². The van der Waals surface area contributed by atoms with Crippen LogP contribution in [0.15, 0.2) is 0 Å². The molecule has 1 heterocycles. The summed E-state index contributed by atoms with van der Waals surface area (Å²) >= 11 is 4.87. The van der Waals surface area contributed by atoms with Gasteiger partial charge < -0.3 is 0 Å². The van der Waals surface area contributed by atoms with E-state index in [2.05, 4.69) is 10.2 Å². The van der Waals surface area contributed by atoms with Crippen LogP contribution in [0.25, 0.3) is 0 Å². The molecular formula is C8H13F2N3S. The van der Waals surface area contributed by atoms with Crippen LogP contribution >= 0.6 is 12.2 Å². The smallest absolute Gasteiger partial charge is 0.299 e. The maximum absolute atomic E-state index is 13.3. The van der Waals surface area contributed by atoms with Crippen LogP contribution in [0.4, 0.5) is 8.78 Å². The summed E-state index contributed by atoms with van der Waals surface area (Å²) in [7, 11) is 0. The molecule has 0 aliphatic heterocycles. The van der Waals surface area contributed by atoms with Gasteiger partial charge in [0.15, 0.2) is 4.77 Å². The molecule has 6 heteroatoms. The zero-order chi connectivity index (χ0) is 10.8. The van der Waals surface area contributed by atoms with Gasteiger partial charge in [-0.25, -0.2) is 0 Å². The molecular weight excluding hydrogens is 208 g/mol. The Morgan fingerprint density at radius 1 is 1.50 bits per heavy atom. The average Bonchev–Trinajstić information content (AvgIpc) is 2.50. The standard InChI is InChI=1S/C8H13F2N3S/c1-3-5-13-6(8(9,10)4-2)11-12-7(13)14/h3-5H2,1-2H3,(H,12,14). The third-order valence-electron chi connectivity index (χ3n) is 1.98. The van der Waals surface area contributed by atoms with Crippen LogP contribution in [0.1, 0.15) is 32.5 Å². The number of alkyl halides is 2. The molecule has 1 aromatic heterocycles. The number of aromatic nitrogens is 3. The van der Waals surface area contributed by atoms with Crippen LogP contribution < -0.4 is 0 Å². The van der Waals surface area contributed by atoms with Gasteiger partial charge in [-0.15, -0.1) is 0 Å². The maximum atomic E-state index is 13.3. The Morgan fingerprint density at radius 3 is 2.64 bits per heavy atom. The van der Waals surface area contributed by atoms with Gasteiger partial charge in [0.2, 0.25) is 5.82 Å². The predicted molar refractivity (Wildman–Crippen MR) is 51.9 cm³/mol. The fourth-order valence-electron chi connectivity index (χ4n) is 1.19. The molecule has 0 bridgehead atoms. The van der Waals surface area contributed by atoms with Gasteiger partial charge in [0.05, 0.1) is 0 Å². The number of nitrogens with zero attached hydrogens (tertiary/aromatic N) is 2. The van der Waals surface area contributed by atoms with Crippen LogP contribution in [0, 0.1) is 4.77 Å². The van der Waals surface area contributed by atoms with Crippen LogP contribution in [0.5, 0.6) is 0 Å². The lowest BCUT2D eigenvalue weighted by Gasteiger charge is -2.13. The van der Waals surface area contributed by atoms with Gasteiger partial charge in [-0.1, -0.05) is 13.8 Å². The Hall–Kier alpha value is -0.780. The number of nitrogens with one attached hydrogen (secondary N) is 1. The summed E-state index contributed by atoms with van der Waals surface area (Å²) in [5.41, 5.74) is 0. The molecule has 0 saturated carbocycles. The highest BCUT2D eigenvalue weighted by Crippen LogP contribution is 2.29. The number of aromatic amines is 1. The maximum Gasteiger partial charge on any atom is 0.306 e. The summed E-state index contributed by atoms with van der Waals surface area (Å²) in [6.07, 6.45) is 0.483. The predicted octanol–water partition coefficient (Wildman–Crippen LogP) is 2.85. The minimum atomic E-state index is -2.90. The normalized spacial score (nSPS) is 12.0. The van der Waals surface area contributed by atoms with E-state index in [9.17, 15) is 8.78 Å². The first-order valence-electron chi connectivity index (χ1n) is 4.56. The summed E-state index contributed by atoms with van der Waals surface area (Å²) < 4.78 is 28.3. The van der Waals surface area contributed by atoms with E-state index in [1.54, 1.807) is 0 Å². The second-order valence-corrected chi connectivity index (χ2v) is 3.45. The zero-order valence-corrected chi connectivity index (χ0v) is 9.00. The lowest BCUT2D eigenvalue weighted by Crippen LogP contribution is -2.19. The van der Waals surface area contributed by atoms with Crippen molar-refractivity contribution in [1.82, 2.24) is 14.8 Å². The Morgan fingerprint density at radius 2 is 2.14 bits per heavy atom.